The van der Waals surface area contributed by atoms with Gasteiger partial charge in [-0.2, -0.15) is 0 Å². The van der Waals surface area contributed by atoms with E-state index in [-0.39, 0.29) is 0 Å². The molecule has 2 fully saturated rings. The monoisotopic (exact) mass is 267 g/mol. The van der Waals surface area contributed by atoms with Gasteiger partial charge in [0.15, 0.2) is 0 Å². The van der Waals surface area contributed by atoms with Crippen LogP contribution in [0, 0.1) is 5.92 Å². The second kappa shape index (κ2) is 8.93. The van der Waals surface area contributed by atoms with Crippen LogP contribution in [0.5, 0.6) is 0 Å². The number of unbranched alkanes of at least 4 members (excludes halogenated alkanes) is 1. The third-order valence-corrected chi connectivity index (χ3v) is 4.94. The summed E-state index contributed by atoms with van der Waals surface area (Å²) < 4.78 is 0. The number of nitrogens with two attached hydrogens (primary N) is 1. The minimum absolute atomic E-state index is 0.820. The third kappa shape index (κ3) is 5.80. The van der Waals surface area contributed by atoms with Gasteiger partial charge < -0.3 is 15.5 Å². The molecule has 2 saturated heterocycles. The lowest BCUT2D eigenvalue weighted by atomic mass is 9.91. The molecule has 0 aliphatic carbocycles. The highest BCUT2D eigenvalue weighted by Gasteiger charge is 2.18. The lowest BCUT2D eigenvalue weighted by molar-refractivity contribution is 0.177. The summed E-state index contributed by atoms with van der Waals surface area (Å²) in [4.78, 5) is 5.21. The van der Waals surface area contributed by atoms with Gasteiger partial charge in [-0.25, -0.2) is 0 Å². The summed E-state index contributed by atoms with van der Waals surface area (Å²) in [5.41, 5.74) is 5.62. The molecule has 0 radical (unpaired) electrons. The molecule has 3 heteroatoms. The standard InChI is InChI=1S/C16H33N3/c17-9-15-19-13-7-16(8-14-19)6-2-5-12-18-10-3-1-4-11-18/h16H,1-15,17H2. The second-order valence-corrected chi connectivity index (χ2v) is 6.47. The number of rotatable bonds is 7. The molecule has 19 heavy (non-hydrogen) atoms. The minimum Gasteiger partial charge on any atom is -0.329 e. The van der Waals surface area contributed by atoms with E-state index in [2.05, 4.69) is 9.80 Å². The molecule has 2 rings (SSSR count). The lowest BCUT2D eigenvalue weighted by Crippen LogP contribution is -2.37. The van der Waals surface area contributed by atoms with E-state index in [1.54, 1.807) is 0 Å². The first-order valence-electron chi connectivity index (χ1n) is 8.53. The molecule has 0 atom stereocenters. The van der Waals surface area contributed by atoms with Crippen molar-refractivity contribution >= 4 is 0 Å². The summed E-state index contributed by atoms with van der Waals surface area (Å²) in [5, 5.41) is 0. The van der Waals surface area contributed by atoms with Crippen LogP contribution in [-0.4, -0.2) is 55.6 Å². The van der Waals surface area contributed by atoms with E-state index in [0.29, 0.717) is 0 Å². The fraction of sp³-hybridized carbons (Fsp3) is 1.00. The molecule has 2 N–H and O–H groups in total. The lowest BCUT2D eigenvalue weighted by Gasteiger charge is -2.32. The first-order valence-corrected chi connectivity index (χ1v) is 8.53. The van der Waals surface area contributed by atoms with E-state index in [4.69, 9.17) is 5.73 Å². The summed E-state index contributed by atoms with van der Waals surface area (Å²) in [7, 11) is 0. The second-order valence-electron chi connectivity index (χ2n) is 6.47. The molecule has 0 unspecified atom stereocenters. The van der Waals surface area contributed by atoms with Gasteiger partial charge in [0.1, 0.15) is 0 Å². The van der Waals surface area contributed by atoms with Gasteiger partial charge in [-0.3, -0.25) is 0 Å². The van der Waals surface area contributed by atoms with E-state index in [1.165, 1.54) is 84.1 Å². The van der Waals surface area contributed by atoms with Gasteiger partial charge >= 0.3 is 0 Å². The van der Waals surface area contributed by atoms with E-state index in [1.807, 2.05) is 0 Å². The van der Waals surface area contributed by atoms with Gasteiger partial charge in [0.25, 0.3) is 0 Å². The van der Waals surface area contributed by atoms with Crippen molar-refractivity contribution in [3.8, 4) is 0 Å². The van der Waals surface area contributed by atoms with Gasteiger partial charge in [0.2, 0.25) is 0 Å². The number of likely N-dealkylation sites (tertiary alicyclic amines) is 2. The summed E-state index contributed by atoms with van der Waals surface area (Å²) >= 11 is 0. The molecule has 0 aromatic carbocycles. The molecule has 0 aromatic heterocycles. The molecule has 2 aliphatic rings. The van der Waals surface area contributed by atoms with Crippen molar-refractivity contribution in [1.82, 2.24) is 9.80 Å². The molecule has 2 heterocycles. The molecular weight excluding hydrogens is 234 g/mol. The number of hydrogen-bond acceptors (Lipinski definition) is 3. The van der Waals surface area contributed by atoms with Crippen LogP contribution in [0.4, 0.5) is 0 Å². The zero-order valence-corrected chi connectivity index (χ0v) is 12.7. The summed E-state index contributed by atoms with van der Waals surface area (Å²) in [6, 6.07) is 0. The van der Waals surface area contributed by atoms with E-state index < -0.39 is 0 Å². The highest BCUT2D eigenvalue weighted by Crippen LogP contribution is 2.22. The van der Waals surface area contributed by atoms with Crippen molar-refractivity contribution in [3.63, 3.8) is 0 Å². The zero-order valence-electron chi connectivity index (χ0n) is 12.7. The zero-order chi connectivity index (χ0) is 13.3. The molecular formula is C16H33N3. The van der Waals surface area contributed by atoms with Crippen molar-refractivity contribution < 1.29 is 0 Å². The van der Waals surface area contributed by atoms with Crippen LogP contribution < -0.4 is 5.73 Å². The predicted molar refractivity (Wildman–Crippen MR) is 82.4 cm³/mol. The van der Waals surface area contributed by atoms with Gasteiger partial charge in [0.05, 0.1) is 0 Å². The van der Waals surface area contributed by atoms with Crippen LogP contribution >= 0.6 is 0 Å². The Morgan fingerprint density at radius 1 is 0.789 bits per heavy atom. The van der Waals surface area contributed by atoms with Crippen LogP contribution in [0.25, 0.3) is 0 Å². The molecule has 2 aliphatic heterocycles. The van der Waals surface area contributed by atoms with Gasteiger partial charge in [-0.15, -0.1) is 0 Å². The Bertz CT molecular complexity index is 218. The quantitative estimate of drug-likeness (QED) is 0.719. The van der Waals surface area contributed by atoms with Crippen LogP contribution in [0.15, 0.2) is 0 Å². The van der Waals surface area contributed by atoms with Crippen molar-refractivity contribution in [3.05, 3.63) is 0 Å². The largest absolute Gasteiger partial charge is 0.329 e. The summed E-state index contributed by atoms with van der Waals surface area (Å²) in [5.74, 6) is 0.996. The van der Waals surface area contributed by atoms with E-state index >= 15 is 0 Å². The maximum absolute atomic E-state index is 5.62. The summed E-state index contributed by atoms with van der Waals surface area (Å²) in [6.45, 7) is 8.56. The highest BCUT2D eigenvalue weighted by molar-refractivity contribution is 4.73. The highest BCUT2D eigenvalue weighted by atomic mass is 15.1. The first-order chi connectivity index (χ1) is 9.38. The molecule has 0 saturated carbocycles. The molecule has 0 spiro atoms. The fourth-order valence-electron chi connectivity index (χ4n) is 3.63. The van der Waals surface area contributed by atoms with Crippen molar-refractivity contribution in [2.45, 2.75) is 51.4 Å². The first kappa shape index (κ1) is 15.3. The summed E-state index contributed by atoms with van der Waals surface area (Å²) in [6.07, 6.45) is 11.5. The average molecular weight is 267 g/mol. The topological polar surface area (TPSA) is 32.5 Å². The number of nitrogens with zero attached hydrogens (tertiary/aromatic N) is 2. The molecule has 3 nitrogen and oxygen atoms in total. The van der Waals surface area contributed by atoms with Crippen molar-refractivity contribution in [2.75, 3.05) is 45.8 Å². The number of piperidine rings is 2. The maximum Gasteiger partial charge on any atom is 0.0105 e. The SMILES string of the molecule is NCCN1CCC(CCCCN2CCCCC2)CC1. The Morgan fingerprint density at radius 2 is 1.47 bits per heavy atom. The normalized spacial score (nSPS) is 23.8. The molecule has 0 aromatic rings. The Hall–Kier alpha value is -0.120. The minimum atomic E-state index is 0.820. The molecule has 0 bridgehead atoms. The molecule has 0 amide bonds. The third-order valence-electron chi connectivity index (χ3n) is 4.94. The van der Waals surface area contributed by atoms with Crippen molar-refractivity contribution in [2.24, 2.45) is 11.7 Å². The predicted octanol–water partition coefficient (Wildman–Crippen LogP) is 2.31. The van der Waals surface area contributed by atoms with Crippen LogP contribution in [-0.2, 0) is 0 Å². The Balaban J connectivity index is 1.47. The average Bonchev–Trinajstić information content (AvgIpc) is 2.47. The Kier molecular flexibility index (Phi) is 7.18. The number of hydrogen-bond donors (Lipinski definition) is 1. The smallest absolute Gasteiger partial charge is 0.0105 e. The van der Waals surface area contributed by atoms with Crippen LogP contribution in [0.1, 0.15) is 51.4 Å². The van der Waals surface area contributed by atoms with Gasteiger partial charge in [0, 0.05) is 13.1 Å². The van der Waals surface area contributed by atoms with Crippen LogP contribution in [0.3, 0.4) is 0 Å². The van der Waals surface area contributed by atoms with Crippen molar-refractivity contribution in [1.29, 1.82) is 0 Å². The van der Waals surface area contributed by atoms with Gasteiger partial charge in [-0.05, 0) is 70.7 Å². The Labute approximate surface area is 119 Å². The maximum atomic E-state index is 5.62. The van der Waals surface area contributed by atoms with E-state index in [9.17, 15) is 0 Å². The Morgan fingerprint density at radius 3 is 2.16 bits per heavy atom. The fourth-order valence-corrected chi connectivity index (χ4v) is 3.63. The van der Waals surface area contributed by atoms with Crippen LogP contribution in [0.2, 0.25) is 0 Å². The molecule has 112 valence electrons. The van der Waals surface area contributed by atoms with E-state index in [0.717, 1.165) is 19.0 Å². The van der Waals surface area contributed by atoms with Gasteiger partial charge in [-0.1, -0.05) is 19.3 Å².